The van der Waals surface area contributed by atoms with Crippen molar-refractivity contribution in [3.63, 3.8) is 0 Å². The van der Waals surface area contributed by atoms with Crippen LogP contribution in [0.15, 0.2) is 35.7 Å². The van der Waals surface area contributed by atoms with Gasteiger partial charge in [-0.25, -0.2) is 0 Å². The highest BCUT2D eigenvalue weighted by atomic mass is 35.5. The molecule has 1 aromatic heterocycles. The Kier molecular flexibility index (Phi) is 4.05. The van der Waals surface area contributed by atoms with Gasteiger partial charge >= 0.3 is 0 Å². The molecule has 17 heavy (non-hydrogen) atoms. The maximum absolute atomic E-state index is 9.42. The van der Waals surface area contributed by atoms with Gasteiger partial charge in [-0.05, 0) is 36.1 Å². The smallest absolute Gasteiger partial charge is 0.138 e. The molecule has 0 aliphatic rings. The fraction of sp³-hybridized carbons (Fsp3) is 0.231. The van der Waals surface area contributed by atoms with Gasteiger partial charge in [0.05, 0.1) is 11.1 Å². The monoisotopic (exact) mass is 268 g/mol. The fourth-order valence-electron chi connectivity index (χ4n) is 1.44. The molecule has 4 heteroatoms. The molecule has 0 saturated carbocycles. The minimum Gasteiger partial charge on any atom is -0.487 e. The van der Waals surface area contributed by atoms with Gasteiger partial charge in [0.1, 0.15) is 12.4 Å². The zero-order chi connectivity index (χ0) is 12.3. The van der Waals surface area contributed by atoms with Gasteiger partial charge in [0, 0.05) is 4.88 Å². The van der Waals surface area contributed by atoms with Crippen molar-refractivity contribution >= 4 is 22.9 Å². The lowest BCUT2D eigenvalue weighted by Gasteiger charge is -2.10. The van der Waals surface area contributed by atoms with E-state index in [0.717, 1.165) is 10.4 Å². The molecule has 1 N–H and O–H groups in total. The molecule has 1 atom stereocenters. The van der Waals surface area contributed by atoms with E-state index in [1.807, 2.05) is 23.6 Å². The number of halogens is 1. The molecule has 0 fully saturated rings. The van der Waals surface area contributed by atoms with Crippen molar-refractivity contribution in [1.82, 2.24) is 0 Å². The number of aliphatic hydroxyl groups is 1. The lowest BCUT2D eigenvalue weighted by atomic mass is 10.1. The lowest BCUT2D eigenvalue weighted by molar-refractivity contribution is 0.199. The summed E-state index contributed by atoms with van der Waals surface area (Å²) in [5.41, 5.74) is 0.790. The summed E-state index contributed by atoms with van der Waals surface area (Å²) in [5, 5.41) is 12.0. The van der Waals surface area contributed by atoms with E-state index in [1.165, 1.54) is 0 Å². The summed E-state index contributed by atoms with van der Waals surface area (Å²) < 4.78 is 5.61. The zero-order valence-corrected chi connectivity index (χ0v) is 11.0. The third kappa shape index (κ3) is 3.22. The summed E-state index contributed by atoms with van der Waals surface area (Å²) in [7, 11) is 0. The Labute approximate surface area is 109 Å². The third-order valence-electron chi connectivity index (χ3n) is 2.39. The van der Waals surface area contributed by atoms with Crippen LogP contribution >= 0.6 is 22.9 Å². The Bertz CT molecular complexity index is 480. The number of hydrogen-bond acceptors (Lipinski definition) is 3. The fourth-order valence-corrected chi connectivity index (χ4v) is 2.30. The van der Waals surface area contributed by atoms with Crippen LogP contribution in [-0.4, -0.2) is 5.11 Å². The molecule has 0 aliphatic heterocycles. The molecule has 2 rings (SSSR count). The molecule has 0 bridgehead atoms. The summed E-state index contributed by atoms with van der Waals surface area (Å²) in [6, 6.07) is 9.35. The van der Waals surface area contributed by atoms with Gasteiger partial charge < -0.3 is 9.84 Å². The molecule has 0 amide bonds. The Hall–Kier alpha value is -1.03. The highest BCUT2D eigenvalue weighted by molar-refractivity contribution is 7.09. The predicted octanol–water partition coefficient (Wildman–Crippen LogP) is 4.03. The molecule has 2 nitrogen and oxygen atoms in total. The van der Waals surface area contributed by atoms with Crippen molar-refractivity contribution in [2.24, 2.45) is 0 Å². The second-order valence-electron chi connectivity index (χ2n) is 3.73. The van der Waals surface area contributed by atoms with E-state index >= 15 is 0 Å². The quantitative estimate of drug-likeness (QED) is 0.907. The summed E-state index contributed by atoms with van der Waals surface area (Å²) in [6.45, 7) is 2.23. The van der Waals surface area contributed by atoms with Gasteiger partial charge in [-0.1, -0.05) is 23.7 Å². The Morgan fingerprint density at radius 1 is 1.41 bits per heavy atom. The molecule has 0 radical (unpaired) electrons. The minimum atomic E-state index is -0.515. The Balaban J connectivity index is 2.06. The number of thiophene rings is 1. The Morgan fingerprint density at radius 3 is 2.82 bits per heavy atom. The first-order valence-corrected chi connectivity index (χ1v) is 6.55. The van der Waals surface area contributed by atoms with Crippen LogP contribution in [0, 0.1) is 0 Å². The van der Waals surface area contributed by atoms with Crippen LogP contribution in [-0.2, 0) is 6.61 Å². The summed E-state index contributed by atoms with van der Waals surface area (Å²) in [4.78, 5) is 1.15. The number of hydrogen-bond donors (Lipinski definition) is 1. The first-order chi connectivity index (χ1) is 8.16. The van der Waals surface area contributed by atoms with E-state index in [-0.39, 0.29) is 0 Å². The van der Waals surface area contributed by atoms with E-state index < -0.39 is 6.10 Å². The number of benzene rings is 1. The molecule has 0 unspecified atom stereocenters. The summed E-state index contributed by atoms with van der Waals surface area (Å²) >= 11 is 7.73. The minimum absolute atomic E-state index is 0.515. The van der Waals surface area contributed by atoms with Crippen molar-refractivity contribution in [3.05, 3.63) is 51.2 Å². The van der Waals surface area contributed by atoms with Gasteiger partial charge in [0.25, 0.3) is 0 Å². The standard InChI is InChI=1S/C13H13ClO2S/c1-9(15)10-4-5-13(12(14)7-10)16-8-11-3-2-6-17-11/h2-7,9,15H,8H2,1H3/t9-/m0/s1. The Morgan fingerprint density at radius 2 is 2.24 bits per heavy atom. The highest BCUT2D eigenvalue weighted by Gasteiger charge is 2.06. The highest BCUT2D eigenvalue weighted by Crippen LogP contribution is 2.28. The first kappa shape index (κ1) is 12.4. The lowest BCUT2D eigenvalue weighted by Crippen LogP contribution is -1.96. The van der Waals surface area contributed by atoms with Crippen LogP contribution in [0.3, 0.4) is 0 Å². The van der Waals surface area contributed by atoms with Gasteiger partial charge in [-0.2, -0.15) is 0 Å². The van der Waals surface area contributed by atoms with Gasteiger partial charge in [-0.15, -0.1) is 11.3 Å². The molecule has 0 saturated heterocycles. The van der Waals surface area contributed by atoms with Crippen molar-refractivity contribution < 1.29 is 9.84 Å². The van der Waals surface area contributed by atoms with E-state index in [9.17, 15) is 5.11 Å². The number of rotatable bonds is 4. The number of ether oxygens (including phenoxy) is 1. The van der Waals surface area contributed by atoms with Gasteiger partial charge in [0.2, 0.25) is 0 Å². The topological polar surface area (TPSA) is 29.5 Å². The van der Waals surface area contributed by atoms with E-state index in [2.05, 4.69) is 0 Å². The third-order valence-corrected chi connectivity index (χ3v) is 3.53. The molecule has 0 aliphatic carbocycles. The molecule has 1 heterocycles. The second kappa shape index (κ2) is 5.54. The predicted molar refractivity (Wildman–Crippen MR) is 70.7 cm³/mol. The normalized spacial score (nSPS) is 12.4. The van der Waals surface area contributed by atoms with Crippen molar-refractivity contribution in [1.29, 1.82) is 0 Å². The van der Waals surface area contributed by atoms with Crippen LogP contribution in [0.1, 0.15) is 23.5 Å². The van der Waals surface area contributed by atoms with Crippen LogP contribution in [0.5, 0.6) is 5.75 Å². The molecule has 2 aromatic rings. The maximum atomic E-state index is 9.42. The first-order valence-electron chi connectivity index (χ1n) is 5.29. The molecule has 1 aromatic carbocycles. The molecule has 0 spiro atoms. The zero-order valence-electron chi connectivity index (χ0n) is 9.39. The summed E-state index contributed by atoms with van der Waals surface area (Å²) in [5.74, 6) is 0.643. The summed E-state index contributed by atoms with van der Waals surface area (Å²) in [6.07, 6.45) is -0.515. The average Bonchev–Trinajstić information content (AvgIpc) is 2.80. The largest absolute Gasteiger partial charge is 0.487 e. The van der Waals surface area contributed by atoms with E-state index in [4.69, 9.17) is 16.3 Å². The van der Waals surface area contributed by atoms with Crippen LogP contribution in [0.25, 0.3) is 0 Å². The second-order valence-corrected chi connectivity index (χ2v) is 5.17. The van der Waals surface area contributed by atoms with Crippen LogP contribution in [0.4, 0.5) is 0 Å². The van der Waals surface area contributed by atoms with E-state index in [1.54, 1.807) is 30.4 Å². The average molecular weight is 269 g/mol. The van der Waals surface area contributed by atoms with E-state index in [0.29, 0.717) is 17.4 Å². The van der Waals surface area contributed by atoms with Crippen molar-refractivity contribution in [2.45, 2.75) is 19.6 Å². The molecular formula is C13H13ClO2S. The van der Waals surface area contributed by atoms with Gasteiger partial charge in [0.15, 0.2) is 0 Å². The molecular weight excluding hydrogens is 256 g/mol. The SMILES string of the molecule is C[C@H](O)c1ccc(OCc2cccs2)c(Cl)c1. The van der Waals surface area contributed by atoms with Crippen molar-refractivity contribution in [3.8, 4) is 5.75 Å². The molecule has 90 valence electrons. The van der Waals surface area contributed by atoms with Crippen molar-refractivity contribution in [2.75, 3.05) is 0 Å². The van der Waals surface area contributed by atoms with Crippen LogP contribution < -0.4 is 4.74 Å². The number of aliphatic hydroxyl groups excluding tert-OH is 1. The van der Waals surface area contributed by atoms with Gasteiger partial charge in [-0.3, -0.25) is 0 Å². The van der Waals surface area contributed by atoms with Crippen LogP contribution in [0.2, 0.25) is 5.02 Å². The maximum Gasteiger partial charge on any atom is 0.138 e.